The number of carboxylic acids is 1. The minimum Gasteiger partial charge on any atom is -0.481 e. The van der Waals surface area contributed by atoms with E-state index < -0.39 is 11.9 Å². The zero-order valence-electron chi connectivity index (χ0n) is 11.4. The first-order chi connectivity index (χ1) is 9.66. The van der Waals surface area contributed by atoms with Crippen molar-refractivity contribution in [3.8, 4) is 0 Å². The smallest absolute Gasteiger partial charge is 0.307 e. The van der Waals surface area contributed by atoms with Crippen LogP contribution in [-0.2, 0) is 9.59 Å². The van der Waals surface area contributed by atoms with Crippen LogP contribution in [0.25, 0.3) is 0 Å². The number of carbonyl (C=O) groups is 2. The molecule has 1 aliphatic carbocycles. The van der Waals surface area contributed by atoms with Gasteiger partial charge >= 0.3 is 5.97 Å². The van der Waals surface area contributed by atoms with Crippen molar-refractivity contribution in [1.29, 1.82) is 0 Å². The second-order valence-electron chi connectivity index (χ2n) is 5.80. The number of nitrogens with zero attached hydrogens (tertiary/aromatic N) is 1. The highest BCUT2D eigenvalue weighted by molar-refractivity contribution is 5.89. The number of amides is 1. The van der Waals surface area contributed by atoms with Gasteiger partial charge in [0.05, 0.1) is 11.8 Å². The van der Waals surface area contributed by atoms with Gasteiger partial charge < -0.3 is 10.0 Å². The molecule has 0 aromatic heterocycles. The SMILES string of the molecule is O=C(O)C1CC1C(=O)N1CCC(c2ccccc2)CC1. The number of hydrogen-bond acceptors (Lipinski definition) is 2. The van der Waals surface area contributed by atoms with Crippen molar-refractivity contribution in [2.45, 2.75) is 25.2 Å². The Morgan fingerprint density at radius 2 is 1.70 bits per heavy atom. The molecule has 20 heavy (non-hydrogen) atoms. The minimum absolute atomic E-state index is 0.0453. The number of likely N-dealkylation sites (tertiary alicyclic amines) is 1. The molecule has 2 fully saturated rings. The molecule has 106 valence electrons. The van der Waals surface area contributed by atoms with Gasteiger partial charge in [0, 0.05) is 13.1 Å². The summed E-state index contributed by atoms with van der Waals surface area (Å²) in [4.78, 5) is 24.9. The third-order valence-corrected chi connectivity index (χ3v) is 4.50. The van der Waals surface area contributed by atoms with E-state index >= 15 is 0 Å². The molecule has 2 unspecified atom stereocenters. The fourth-order valence-electron chi connectivity index (χ4n) is 3.13. The summed E-state index contributed by atoms with van der Waals surface area (Å²) in [5, 5.41) is 8.89. The molecular weight excluding hydrogens is 254 g/mol. The molecule has 1 N–H and O–H groups in total. The van der Waals surface area contributed by atoms with Crippen LogP contribution >= 0.6 is 0 Å². The molecule has 3 rings (SSSR count). The Morgan fingerprint density at radius 3 is 2.25 bits per heavy atom. The lowest BCUT2D eigenvalue weighted by Crippen LogP contribution is -2.39. The van der Waals surface area contributed by atoms with Crippen LogP contribution in [0.5, 0.6) is 0 Å². The molecule has 0 spiro atoms. The van der Waals surface area contributed by atoms with E-state index in [0.717, 1.165) is 25.9 Å². The molecule has 1 saturated carbocycles. The summed E-state index contributed by atoms with van der Waals surface area (Å²) in [6.07, 6.45) is 2.47. The van der Waals surface area contributed by atoms with Crippen LogP contribution in [0, 0.1) is 11.8 Å². The van der Waals surface area contributed by atoms with Gasteiger partial charge in [-0.3, -0.25) is 9.59 Å². The monoisotopic (exact) mass is 273 g/mol. The van der Waals surface area contributed by atoms with Crippen molar-refractivity contribution >= 4 is 11.9 Å². The largest absolute Gasteiger partial charge is 0.481 e. The molecule has 1 aromatic carbocycles. The van der Waals surface area contributed by atoms with Gasteiger partial charge in [-0.25, -0.2) is 0 Å². The molecule has 2 atom stereocenters. The van der Waals surface area contributed by atoms with Crippen molar-refractivity contribution in [1.82, 2.24) is 4.90 Å². The maximum atomic E-state index is 12.2. The fraction of sp³-hybridized carbons (Fsp3) is 0.500. The van der Waals surface area contributed by atoms with Crippen molar-refractivity contribution in [3.05, 3.63) is 35.9 Å². The maximum Gasteiger partial charge on any atom is 0.307 e. The molecule has 2 aliphatic rings. The number of hydrogen-bond donors (Lipinski definition) is 1. The molecule has 0 bridgehead atoms. The van der Waals surface area contributed by atoms with Crippen LogP contribution in [0.2, 0.25) is 0 Å². The Labute approximate surface area is 118 Å². The highest BCUT2D eigenvalue weighted by Gasteiger charge is 2.50. The summed E-state index contributed by atoms with van der Waals surface area (Å²) >= 11 is 0. The van der Waals surface area contributed by atoms with E-state index in [1.165, 1.54) is 5.56 Å². The molecule has 4 heteroatoms. The Kier molecular flexibility index (Phi) is 3.47. The lowest BCUT2D eigenvalue weighted by Gasteiger charge is -2.32. The van der Waals surface area contributed by atoms with E-state index in [0.29, 0.717) is 12.3 Å². The van der Waals surface area contributed by atoms with Crippen LogP contribution in [0.15, 0.2) is 30.3 Å². The van der Waals surface area contributed by atoms with Crippen molar-refractivity contribution in [3.63, 3.8) is 0 Å². The van der Waals surface area contributed by atoms with E-state index in [1.807, 2.05) is 11.0 Å². The van der Waals surface area contributed by atoms with Gasteiger partial charge in [0.25, 0.3) is 0 Å². The van der Waals surface area contributed by atoms with E-state index in [4.69, 9.17) is 5.11 Å². The number of carboxylic acid groups (broad SMARTS) is 1. The Hall–Kier alpha value is -1.84. The first kappa shape index (κ1) is 13.2. The topological polar surface area (TPSA) is 57.6 Å². The molecule has 0 radical (unpaired) electrons. The molecule has 1 amide bonds. The highest BCUT2D eigenvalue weighted by atomic mass is 16.4. The summed E-state index contributed by atoms with van der Waals surface area (Å²) in [7, 11) is 0. The van der Waals surface area contributed by atoms with Gasteiger partial charge in [-0.2, -0.15) is 0 Å². The molecule has 1 saturated heterocycles. The second-order valence-corrected chi connectivity index (χ2v) is 5.80. The first-order valence-electron chi connectivity index (χ1n) is 7.23. The molecule has 1 aliphatic heterocycles. The minimum atomic E-state index is -0.831. The standard InChI is InChI=1S/C16H19NO3/c18-15(13-10-14(13)16(19)20)17-8-6-12(7-9-17)11-4-2-1-3-5-11/h1-5,12-14H,6-10H2,(H,19,20). The van der Waals surface area contributed by atoms with Crippen LogP contribution < -0.4 is 0 Å². The third-order valence-electron chi connectivity index (χ3n) is 4.50. The van der Waals surface area contributed by atoms with Crippen LogP contribution in [0.3, 0.4) is 0 Å². The predicted molar refractivity (Wildman–Crippen MR) is 74.2 cm³/mol. The quantitative estimate of drug-likeness (QED) is 0.917. The molecular formula is C16H19NO3. The van der Waals surface area contributed by atoms with E-state index in [-0.39, 0.29) is 11.8 Å². The van der Waals surface area contributed by atoms with Crippen LogP contribution in [0.4, 0.5) is 0 Å². The van der Waals surface area contributed by atoms with Gasteiger partial charge in [0.2, 0.25) is 5.91 Å². The molecule has 4 nitrogen and oxygen atoms in total. The summed E-state index contributed by atoms with van der Waals surface area (Å²) in [5.74, 6) is -0.962. The second kappa shape index (κ2) is 5.27. The third kappa shape index (κ3) is 2.55. The Bertz CT molecular complexity index is 506. The van der Waals surface area contributed by atoms with Crippen LogP contribution in [0.1, 0.15) is 30.7 Å². The lowest BCUT2D eigenvalue weighted by atomic mass is 9.89. The van der Waals surface area contributed by atoms with E-state index in [9.17, 15) is 9.59 Å². The summed E-state index contributed by atoms with van der Waals surface area (Å²) < 4.78 is 0. The average Bonchev–Trinajstić information content (AvgIpc) is 3.28. The lowest BCUT2D eigenvalue weighted by molar-refractivity contribution is -0.142. The maximum absolute atomic E-state index is 12.2. The number of aliphatic carboxylic acids is 1. The average molecular weight is 273 g/mol. The van der Waals surface area contributed by atoms with E-state index in [1.54, 1.807) is 0 Å². The van der Waals surface area contributed by atoms with Crippen LogP contribution in [-0.4, -0.2) is 35.0 Å². The van der Waals surface area contributed by atoms with Gasteiger partial charge in [0.15, 0.2) is 0 Å². The summed E-state index contributed by atoms with van der Waals surface area (Å²) in [6.45, 7) is 1.50. The summed E-state index contributed by atoms with van der Waals surface area (Å²) in [6, 6.07) is 10.4. The number of benzene rings is 1. The first-order valence-corrected chi connectivity index (χ1v) is 7.23. The van der Waals surface area contributed by atoms with Gasteiger partial charge in [-0.1, -0.05) is 30.3 Å². The van der Waals surface area contributed by atoms with Crippen molar-refractivity contribution in [2.75, 3.05) is 13.1 Å². The number of piperidine rings is 1. The number of carbonyl (C=O) groups excluding carboxylic acids is 1. The zero-order valence-corrected chi connectivity index (χ0v) is 11.4. The highest BCUT2D eigenvalue weighted by Crippen LogP contribution is 2.41. The zero-order chi connectivity index (χ0) is 14.1. The van der Waals surface area contributed by atoms with Gasteiger partial charge in [0.1, 0.15) is 0 Å². The van der Waals surface area contributed by atoms with Gasteiger partial charge in [-0.05, 0) is 30.7 Å². The van der Waals surface area contributed by atoms with Gasteiger partial charge in [-0.15, -0.1) is 0 Å². The van der Waals surface area contributed by atoms with E-state index in [2.05, 4.69) is 24.3 Å². The molecule has 1 heterocycles. The normalized spacial score (nSPS) is 26.3. The van der Waals surface area contributed by atoms with Crippen molar-refractivity contribution < 1.29 is 14.7 Å². The number of rotatable bonds is 3. The van der Waals surface area contributed by atoms with Crippen molar-refractivity contribution in [2.24, 2.45) is 11.8 Å². The Morgan fingerprint density at radius 1 is 1.05 bits per heavy atom. The predicted octanol–water partition coefficient (Wildman–Crippen LogP) is 2.11. The fourth-order valence-corrected chi connectivity index (χ4v) is 3.13. The summed E-state index contributed by atoms with van der Waals surface area (Å²) in [5.41, 5.74) is 1.34. The Balaban J connectivity index is 1.54. The molecule has 1 aromatic rings.